The number of carbonyl (C=O) groups excluding carboxylic acids is 1. The van der Waals surface area contributed by atoms with E-state index in [1.54, 1.807) is 20.3 Å². The third kappa shape index (κ3) is 3.30. The first-order valence-electron chi connectivity index (χ1n) is 4.81. The van der Waals surface area contributed by atoms with Gasteiger partial charge in [0.1, 0.15) is 0 Å². The molecule has 0 unspecified atom stereocenters. The molecule has 0 saturated carbocycles. The Labute approximate surface area is 89.4 Å². The van der Waals surface area contributed by atoms with Crippen LogP contribution in [0.1, 0.15) is 13.3 Å². The van der Waals surface area contributed by atoms with Gasteiger partial charge in [0.25, 0.3) is 0 Å². The monoisotopic (exact) mass is 215 g/mol. The Morgan fingerprint density at radius 2 is 2.33 bits per heavy atom. The molecule has 1 rings (SSSR count). The second kappa shape index (κ2) is 5.25. The predicted octanol–water partition coefficient (Wildman–Crippen LogP) is 0.414. The van der Waals surface area contributed by atoms with Crippen molar-refractivity contribution < 1.29 is 19.0 Å². The summed E-state index contributed by atoms with van der Waals surface area (Å²) in [5.74, 6) is -0.838. The number of carbonyl (C=O) groups is 1. The van der Waals surface area contributed by atoms with Gasteiger partial charge in [-0.25, -0.2) is 0 Å². The van der Waals surface area contributed by atoms with E-state index in [0.717, 1.165) is 0 Å². The van der Waals surface area contributed by atoms with Crippen LogP contribution >= 0.6 is 0 Å². The Morgan fingerprint density at radius 1 is 1.60 bits per heavy atom. The van der Waals surface area contributed by atoms with Crippen LogP contribution in [0, 0.1) is 0 Å². The molecular weight excluding hydrogens is 198 g/mol. The third-order valence-electron chi connectivity index (χ3n) is 2.25. The maximum Gasteiger partial charge on any atom is 0.216 e. The Kier molecular flexibility index (Phi) is 4.26. The van der Waals surface area contributed by atoms with Crippen molar-refractivity contribution in [3.05, 3.63) is 12.2 Å². The Hall–Kier alpha value is -0.910. The molecule has 0 spiro atoms. The molecule has 0 aromatic heterocycles. The summed E-state index contributed by atoms with van der Waals surface area (Å²) in [6, 6.07) is 0. The lowest BCUT2D eigenvalue weighted by molar-refractivity contribution is -0.244. The van der Waals surface area contributed by atoms with Crippen LogP contribution in [0.25, 0.3) is 0 Å². The van der Waals surface area contributed by atoms with Crippen LogP contribution in [-0.2, 0) is 19.0 Å². The van der Waals surface area contributed by atoms with Crippen molar-refractivity contribution in [2.24, 2.45) is 0 Å². The molecule has 1 amide bonds. The zero-order chi connectivity index (χ0) is 11.3. The fourth-order valence-electron chi connectivity index (χ4n) is 1.40. The fraction of sp³-hybridized carbons (Fsp3) is 0.700. The number of nitrogens with one attached hydrogen (secondary N) is 1. The van der Waals surface area contributed by atoms with Crippen molar-refractivity contribution in [2.45, 2.75) is 25.4 Å². The fourth-order valence-corrected chi connectivity index (χ4v) is 1.40. The van der Waals surface area contributed by atoms with Crippen LogP contribution in [-0.4, -0.2) is 38.7 Å². The molecule has 0 aromatic carbocycles. The average molecular weight is 215 g/mol. The zero-order valence-corrected chi connectivity index (χ0v) is 9.28. The number of rotatable bonds is 5. The van der Waals surface area contributed by atoms with Gasteiger partial charge in [0.05, 0.1) is 0 Å². The van der Waals surface area contributed by atoms with Crippen molar-refractivity contribution in [3.8, 4) is 0 Å². The van der Waals surface area contributed by atoms with Gasteiger partial charge in [0.2, 0.25) is 5.91 Å². The maximum atomic E-state index is 10.7. The van der Waals surface area contributed by atoms with E-state index in [4.69, 9.17) is 14.2 Å². The lowest BCUT2D eigenvalue weighted by Gasteiger charge is -2.26. The molecule has 0 aliphatic carbocycles. The van der Waals surface area contributed by atoms with Gasteiger partial charge in [-0.3, -0.25) is 4.79 Å². The molecule has 0 aromatic rings. The third-order valence-corrected chi connectivity index (χ3v) is 2.25. The SMILES string of the molecule is CO[C@H]1C=C[C@](CCNC(C)=O)(OC)O1. The molecular formula is C10H17NO4. The van der Waals surface area contributed by atoms with Crippen LogP contribution < -0.4 is 5.32 Å². The van der Waals surface area contributed by atoms with Gasteiger partial charge >= 0.3 is 0 Å². The summed E-state index contributed by atoms with van der Waals surface area (Å²) in [7, 11) is 3.13. The summed E-state index contributed by atoms with van der Waals surface area (Å²) >= 11 is 0. The molecule has 86 valence electrons. The summed E-state index contributed by atoms with van der Waals surface area (Å²) in [5.41, 5.74) is 0. The summed E-state index contributed by atoms with van der Waals surface area (Å²) in [6.45, 7) is 1.98. The summed E-state index contributed by atoms with van der Waals surface area (Å²) < 4.78 is 15.8. The van der Waals surface area contributed by atoms with E-state index in [-0.39, 0.29) is 12.2 Å². The topological polar surface area (TPSA) is 56.8 Å². The van der Waals surface area contributed by atoms with Crippen LogP contribution in [0.2, 0.25) is 0 Å². The number of amides is 1. The smallest absolute Gasteiger partial charge is 0.216 e. The van der Waals surface area contributed by atoms with Gasteiger partial charge in [-0.15, -0.1) is 0 Å². The van der Waals surface area contributed by atoms with Gasteiger partial charge in [0, 0.05) is 34.1 Å². The molecule has 1 N–H and O–H groups in total. The van der Waals surface area contributed by atoms with Gasteiger partial charge in [-0.2, -0.15) is 0 Å². The van der Waals surface area contributed by atoms with Crippen molar-refractivity contribution >= 4 is 5.91 Å². The first-order valence-corrected chi connectivity index (χ1v) is 4.81. The first kappa shape index (κ1) is 12.2. The van der Waals surface area contributed by atoms with Crippen LogP contribution in [0.3, 0.4) is 0 Å². The van der Waals surface area contributed by atoms with Crippen LogP contribution in [0.5, 0.6) is 0 Å². The molecule has 0 fully saturated rings. The molecule has 1 aliphatic rings. The van der Waals surface area contributed by atoms with Crippen molar-refractivity contribution in [1.29, 1.82) is 0 Å². The van der Waals surface area contributed by atoms with Gasteiger partial charge < -0.3 is 19.5 Å². The molecule has 0 saturated heterocycles. The maximum absolute atomic E-state index is 10.7. The lowest BCUT2D eigenvalue weighted by Crippen LogP contribution is -2.36. The highest BCUT2D eigenvalue weighted by atomic mass is 16.8. The van der Waals surface area contributed by atoms with Crippen molar-refractivity contribution in [1.82, 2.24) is 5.32 Å². The number of hydrogen-bond donors (Lipinski definition) is 1. The van der Waals surface area contributed by atoms with E-state index in [9.17, 15) is 4.79 Å². The van der Waals surface area contributed by atoms with Gasteiger partial charge in [0.15, 0.2) is 12.1 Å². The molecule has 5 heteroatoms. The normalized spacial score (nSPS) is 29.4. The number of ether oxygens (including phenoxy) is 3. The predicted molar refractivity (Wildman–Crippen MR) is 54.1 cm³/mol. The van der Waals surface area contributed by atoms with E-state index >= 15 is 0 Å². The molecule has 15 heavy (non-hydrogen) atoms. The summed E-state index contributed by atoms with van der Waals surface area (Å²) in [6.07, 6.45) is 3.78. The standard InChI is InChI=1S/C10H17NO4/c1-8(12)11-7-6-10(14-3)5-4-9(13-2)15-10/h4-5,9H,6-7H2,1-3H3,(H,11,12)/t9-,10+/m1/s1. The first-order chi connectivity index (χ1) is 7.12. The van der Waals surface area contributed by atoms with E-state index in [1.807, 2.05) is 6.08 Å². The van der Waals surface area contributed by atoms with Gasteiger partial charge in [-0.1, -0.05) is 0 Å². The van der Waals surface area contributed by atoms with Gasteiger partial charge in [-0.05, 0) is 12.2 Å². The summed E-state index contributed by atoms with van der Waals surface area (Å²) in [5, 5.41) is 2.69. The lowest BCUT2D eigenvalue weighted by atomic mass is 10.2. The number of hydrogen-bond acceptors (Lipinski definition) is 4. The Balaban J connectivity index is 2.42. The van der Waals surface area contributed by atoms with E-state index in [0.29, 0.717) is 13.0 Å². The molecule has 0 radical (unpaired) electrons. The second-order valence-electron chi connectivity index (χ2n) is 3.33. The highest BCUT2D eigenvalue weighted by molar-refractivity contribution is 5.72. The largest absolute Gasteiger partial charge is 0.356 e. The molecule has 2 atom stereocenters. The van der Waals surface area contributed by atoms with E-state index in [1.165, 1.54) is 6.92 Å². The number of methoxy groups -OCH3 is 2. The minimum absolute atomic E-state index is 0.0634. The van der Waals surface area contributed by atoms with Crippen LogP contribution in [0.4, 0.5) is 0 Å². The van der Waals surface area contributed by atoms with Crippen LogP contribution in [0.15, 0.2) is 12.2 Å². The average Bonchev–Trinajstić information content (AvgIpc) is 2.62. The molecule has 1 heterocycles. The van der Waals surface area contributed by atoms with E-state index < -0.39 is 5.79 Å². The Bertz CT molecular complexity index is 254. The highest BCUT2D eigenvalue weighted by Gasteiger charge is 2.35. The summed E-state index contributed by atoms with van der Waals surface area (Å²) in [4.78, 5) is 10.7. The molecule has 1 aliphatic heterocycles. The quantitative estimate of drug-likeness (QED) is 0.675. The molecule has 5 nitrogen and oxygen atoms in total. The van der Waals surface area contributed by atoms with Crippen molar-refractivity contribution in [2.75, 3.05) is 20.8 Å². The van der Waals surface area contributed by atoms with Crippen molar-refractivity contribution in [3.63, 3.8) is 0 Å². The highest BCUT2D eigenvalue weighted by Crippen LogP contribution is 2.27. The second-order valence-corrected chi connectivity index (χ2v) is 3.33. The minimum atomic E-state index is -0.775. The zero-order valence-electron chi connectivity index (χ0n) is 9.28. The van der Waals surface area contributed by atoms with E-state index in [2.05, 4.69) is 5.32 Å². The Morgan fingerprint density at radius 3 is 2.80 bits per heavy atom. The molecule has 0 bridgehead atoms. The minimum Gasteiger partial charge on any atom is -0.356 e.